The van der Waals surface area contributed by atoms with E-state index in [9.17, 15) is 4.79 Å². The third-order valence-electron chi connectivity index (χ3n) is 3.95. The van der Waals surface area contributed by atoms with Crippen molar-refractivity contribution < 1.29 is 14.3 Å². The van der Waals surface area contributed by atoms with Crippen molar-refractivity contribution in [1.82, 2.24) is 5.32 Å². The number of carbonyl (C=O) groups is 1. The SMILES string of the molecule is COCCCSC1CCC(NC2CC2)(C(=O)OC)C1. The van der Waals surface area contributed by atoms with Crippen LogP contribution in [0, 0.1) is 0 Å². The molecule has 2 rings (SSSR count). The molecule has 0 spiro atoms. The minimum atomic E-state index is -0.408. The van der Waals surface area contributed by atoms with E-state index in [4.69, 9.17) is 9.47 Å². The number of hydrogen-bond donors (Lipinski definition) is 1. The van der Waals surface area contributed by atoms with Crippen LogP contribution in [0.1, 0.15) is 38.5 Å². The average molecular weight is 287 g/mol. The van der Waals surface area contributed by atoms with Gasteiger partial charge in [-0.1, -0.05) is 0 Å². The first-order valence-electron chi connectivity index (χ1n) is 7.17. The van der Waals surface area contributed by atoms with Crippen molar-refractivity contribution in [2.75, 3.05) is 26.6 Å². The van der Waals surface area contributed by atoms with Gasteiger partial charge in [0.05, 0.1) is 7.11 Å². The largest absolute Gasteiger partial charge is 0.468 e. The first-order chi connectivity index (χ1) is 9.20. The summed E-state index contributed by atoms with van der Waals surface area (Å²) >= 11 is 1.97. The Balaban J connectivity index is 1.82. The highest BCUT2D eigenvalue weighted by atomic mass is 32.2. The van der Waals surface area contributed by atoms with Crippen LogP contribution in [0.5, 0.6) is 0 Å². The lowest BCUT2D eigenvalue weighted by Gasteiger charge is -2.27. The maximum atomic E-state index is 12.1. The third kappa shape index (κ3) is 4.10. The number of ether oxygens (including phenoxy) is 2. The molecule has 0 heterocycles. The molecule has 19 heavy (non-hydrogen) atoms. The highest BCUT2D eigenvalue weighted by molar-refractivity contribution is 7.99. The number of carbonyl (C=O) groups excluding carboxylic acids is 1. The fraction of sp³-hybridized carbons (Fsp3) is 0.929. The number of methoxy groups -OCH3 is 2. The Hall–Kier alpha value is -0.260. The molecule has 0 aromatic rings. The Morgan fingerprint density at radius 3 is 2.79 bits per heavy atom. The minimum absolute atomic E-state index is 0.0700. The highest BCUT2D eigenvalue weighted by Crippen LogP contribution is 2.40. The number of esters is 1. The Morgan fingerprint density at radius 2 is 2.16 bits per heavy atom. The van der Waals surface area contributed by atoms with E-state index in [1.54, 1.807) is 7.11 Å². The second-order valence-electron chi connectivity index (χ2n) is 5.57. The van der Waals surface area contributed by atoms with Gasteiger partial charge in [0, 0.05) is 25.0 Å². The standard InChI is InChI=1S/C14H25NO3S/c1-17-8-3-9-19-12-6-7-14(10-12,13(16)18-2)15-11-4-5-11/h11-12,15H,3-10H2,1-2H3. The number of hydrogen-bond acceptors (Lipinski definition) is 5. The molecular formula is C14H25NO3S. The second kappa shape index (κ2) is 6.95. The van der Waals surface area contributed by atoms with Crippen LogP contribution in [0.25, 0.3) is 0 Å². The smallest absolute Gasteiger partial charge is 0.326 e. The Labute approximate surface area is 120 Å². The van der Waals surface area contributed by atoms with E-state index in [-0.39, 0.29) is 5.97 Å². The quantitative estimate of drug-likeness (QED) is 0.546. The lowest BCUT2D eigenvalue weighted by molar-refractivity contribution is -0.148. The molecule has 5 heteroatoms. The van der Waals surface area contributed by atoms with Crippen LogP contribution in [0.2, 0.25) is 0 Å². The normalized spacial score (nSPS) is 30.5. The van der Waals surface area contributed by atoms with Crippen molar-refractivity contribution in [1.29, 1.82) is 0 Å². The van der Waals surface area contributed by atoms with E-state index in [0.29, 0.717) is 11.3 Å². The third-order valence-corrected chi connectivity index (χ3v) is 5.35. The van der Waals surface area contributed by atoms with Crippen molar-refractivity contribution >= 4 is 17.7 Å². The molecule has 2 aliphatic rings. The van der Waals surface area contributed by atoms with E-state index in [2.05, 4.69) is 5.32 Å². The summed E-state index contributed by atoms with van der Waals surface area (Å²) in [5.74, 6) is 1.04. The van der Waals surface area contributed by atoms with Crippen molar-refractivity contribution in [2.24, 2.45) is 0 Å². The second-order valence-corrected chi connectivity index (χ2v) is 6.98. The zero-order valence-electron chi connectivity index (χ0n) is 11.9. The van der Waals surface area contributed by atoms with Gasteiger partial charge in [0.25, 0.3) is 0 Å². The molecular weight excluding hydrogens is 262 g/mol. The van der Waals surface area contributed by atoms with Crippen molar-refractivity contribution in [3.8, 4) is 0 Å². The van der Waals surface area contributed by atoms with Crippen LogP contribution in [0.4, 0.5) is 0 Å². The molecule has 2 atom stereocenters. The molecule has 0 aromatic carbocycles. The lowest BCUT2D eigenvalue weighted by atomic mass is 9.97. The summed E-state index contributed by atoms with van der Waals surface area (Å²) < 4.78 is 10.1. The van der Waals surface area contributed by atoms with Gasteiger partial charge in [-0.25, -0.2) is 0 Å². The summed E-state index contributed by atoms with van der Waals surface area (Å²) in [6.07, 6.45) is 6.41. The van der Waals surface area contributed by atoms with Gasteiger partial charge < -0.3 is 9.47 Å². The first-order valence-corrected chi connectivity index (χ1v) is 8.22. The number of rotatable bonds is 8. The van der Waals surface area contributed by atoms with Crippen LogP contribution in [-0.2, 0) is 14.3 Å². The van der Waals surface area contributed by atoms with E-state index in [1.807, 2.05) is 11.8 Å². The highest BCUT2D eigenvalue weighted by Gasteiger charge is 2.48. The van der Waals surface area contributed by atoms with Crippen LogP contribution < -0.4 is 5.32 Å². The van der Waals surface area contributed by atoms with Gasteiger partial charge in [-0.2, -0.15) is 11.8 Å². The first kappa shape index (κ1) is 15.1. The van der Waals surface area contributed by atoms with Gasteiger partial charge in [0.1, 0.15) is 5.54 Å². The topological polar surface area (TPSA) is 47.6 Å². The van der Waals surface area contributed by atoms with Crippen LogP contribution in [0.3, 0.4) is 0 Å². The van der Waals surface area contributed by atoms with Gasteiger partial charge in [-0.3, -0.25) is 10.1 Å². The predicted molar refractivity (Wildman–Crippen MR) is 77.5 cm³/mol. The van der Waals surface area contributed by atoms with Crippen molar-refractivity contribution in [3.63, 3.8) is 0 Å². The maximum Gasteiger partial charge on any atom is 0.326 e. The summed E-state index contributed by atoms with van der Waals surface area (Å²) in [5.41, 5.74) is -0.408. The molecule has 2 aliphatic carbocycles. The average Bonchev–Trinajstić information content (AvgIpc) is 3.13. The van der Waals surface area contributed by atoms with E-state index < -0.39 is 5.54 Å². The monoisotopic (exact) mass is 287 g/mol. The molecule has 2 fully saturated rings. The van der Waals surface area contributed by atoms with Gasteiger partial charge in [-0.05, 0) is 44.3 Å². The predicted octanol–water partition coefficient (Wildman–Crippen LogP) is 1.97. The molecule has 0 aliphatic heterocycles. The molecule has 2 saturated carbocycles. The van der Waals surface area contributed by atoms with Gasteiger partial charge in [0.2, 0.25) is 0 Å². The molecule has 1 N–H and O–H groups in total. The molecule has 0 saturated heterocycles. The van der Waals surface area contributed by atoms with Crippen molar-refractivity contribution in [3.05, 3.63) is 0 Å². The molecule has 0 bridgehead atoms. The van der Waals surface area contributed by atoms with Crippen LogP contribution in [-0.4, -0.2) is 49.4 Å². The summed E-state index contributed by atoms with van der Waals surface area (Å²) in [7, 11) is 3.24. The summed E-state index contributed by atoms with van der Waals surface area (Å²) in [5, 5.41) is 4.11. The van der Waals surface area contributed by atoms with E-state index in [1.165, 1.54) is 20.0 Å². The van der Waals surface area contributed by atoms with Gasteiger partial charge in [0.15, 0.2) is 0 Å². The van der Waals surface area contributed by atoms with E-state index >= 15 is 0 Å². The summed E-state index contributed by atoms with van der Waals surface area (Å²) in [4.78, 5) is 12.1. The molecule has 110 valence electrons. The van der Waals surface area contributed by atoms with Crippen molar-refractivity contribution in [2.45, 2.75) is 55.4 Å². The molecule has 4 nitrogen and oxygen atoms in total. The molecule has 0 aromatic heterocycles. The fourth-order valence-corrected chi connectivity index (χ4v) is 4.09. The van der Waals surface area contributed by atoms with E-state index in [0.717, 1.165) is 38.0 Å². The maximum absolute atomic E-state index is 12.1. The van der Waals surface area contributed by atoms with Crippen LogP contribution >= 0.6 is 11.8 Å². The zero-order valence-corrected chi connectivity index (χ0v) is 12.8. The molecule has 0 radical (unpaired) electrons. The summed E-state index contributed by atoms with van der Waals surface area (Å²) in [6.45, 7) is 0.822. The van der Waals surface area contributed by atoms with Gasteiger partial charge >= 0.3 is 5.97 Å². The lowest BCUT2D eigenvalue weighted by Crippen LogP contribution is -2.52. The molecule has 2 unspecified atom stereocenters. The summed E-state index contributed by atoms with van der Waals surface area (Å²) in [6, 6.07) is 0.538. The van der Waals surface area contributed by atoms with Crippen LogP contribution in [0.15, 0.2) is 0 Å². The van der Waals surface area contributed by atoms with Gasteiger partial charge in [-0.15, -0.1) is 0 Å². The zero-order chi connectivity index (χ0) is 13.7. The Bertz CT molecular complexity index is 309. The number of thioether (sulfide) groups is 1. The Kier molecular flexibility index (Phi) is 5.54. The fourth-order valence-electron chi connectivity index (χ4n) is 2.78. The Morgan fingerprint density at radius 1 is 1.37 bits per heavy atom. The minimum Gasteiger partial charge on any atom is -0.468 e. The molecule has 0 amide bonds. The number of nitrogens with one attached hydrogen (secondary N) is 1.